The van der Waals surface area contributed by atoms with Gasteiger partial charge in [0.1, 0.15) is 9.84 Å². The van der Waals surface area contributed by atoms with Crippen LogP contribution in [0.1, 0.15) is 13.8 Å². The lowest BCUT2D eigenvalue weighted by Gasteiger charge is -2.21. The highest BCUT2D eigenvalue weighted by molar-refractivity contribution is 7.90. The monoisotopic (exact) mass is 222 g/mol. The van der Waals surface area contributed by atoms with E-state index in [0.29, 0.717) is 12.6 Å². The molecule has 0 rings (SSSR count). The zero-order valence-electron chi connectivity index (χ0n) is 9.58. The summed E-state index contributed by atoms with van der Waals surface area (Å²) in [5.41, 5.74) is 0. The lowest BCUT2D eigenvalue weighted by Crippen LogP contribution is -2.38. The predicted octanol–water partition coefficient (Wildman–Crippen LogP) is -0.0392. The quantitative estimate of drug-likeness (QED) is 0.657. The van der Waals surface area contributed by atoms with E-state index in [0.717, 1.165) is 13.1 Å². The standard InChI is InChI=1S/C9H22N2O2S/c1-5-10-9(2)8-11(3)6-7-14(4,12)13/h9-10H,5-8H2,1-4H3. The van der Waals surface area contributed by atoms with Gasteiger partial charge in [-0.05, 0) is 20.5 Å². The van der Waals surface area contributed by atoms with Crippen molar-refractivity contribution in [1.82, 2.24) is 10.2 Å². The Morgan fingerprint density at radius 3 is 2.43 bits per heavy atom. The first-order valence-corrected chi connectivity index (χ1v) is 7.01. The number of nitrogens with zero attached hydrogens (tertiary/aromatic N) is 1. The molecule has 0 spiro atoms. The van der Waals surface area contributed by atoms with Crippen molar-refractivity contribution in [1.29, 1.82) is 0 Å². The van der Waals surface area contributed by atoms with Gasteiger partial charge in [-0.25, -0.2) is 8.42 Å². The number of rotatable bonds is 7. The summed E-state index contributed by atoms with van der Waals surface area (Å²) < 4.78 is 21.8. The van der Waals surface area contributed by atoms with Crippen molar-refractivity contribution in [2.45, 2.75) is 19.9 Å². The highest BCUT2D eigenvalue weighted by atomic mass is 32.2. The summed E-state index contributed by atoms with van der Waals surface area (Å²) in [6.07, 6.45) is 1.27. The van der Waals surface area contributed by atoms with Crippen LogP contribution >= 0.6 is 0 Å². The Morgan fingerprint density at radius 1 is 1.43 bits per heavy atom. The second-order valence-electron chi connectivity index (χ2n) is 3.85. The maximum atomic E-state index is 10.9. The van der Waals surface area contributed by atoms with E-state index in [-0.39, 0.29) is 5.75 Å². The van der Waals surface area contributed by atoms with E-state index in [1.54, 1.807) is 0 Å². The molecule has 1 unspecified atom stereocenters. The van der Waals surface area contributed by atoms with Gasteiger partial charge >= 0.3 is 0 Å². The minimum Gasteiger partial charge on any atom is -0.313 e. The summed E-state index contributed by atoms with van der Waals surface area (Å²) in [4.78, 5) is 2.04. The third-order valence-corrected chi connectivity index (χ3v) is 2.91. The van der Waals surface area contributed by atoms with Crippen molar-refractivity contribution < 1.29 is 8.42 Å². The minimum atomic E-state index is -2.83. The molecule has 0 saturated heterocycles. The van der Waals surface area contributed by atoms with Crippen molar-refractivity contribution in [2.24, 2.45) is 0 Å². The Balaban J connectivity index is 3.70. The molecular weight excluding hydrogens is 200 g/mol. The number of hydrogen-bond donors (Lipinski definition) is 1. The molecule has 14 heavy (non-hydrogen) atoms. The van der Waals surface area contributed by atoms with E-state index in [1.807, 2.05) is 11.9 Å². The minimum absolute atomic E-state index is 0.238. The lowest BCUT2D eigenvalue weighted by atomic mass is 10.3. The molecule has 0 fully saturated rings. The van der Waals surface area contributed by atoms with E-state index in [1.165, 1.54) is 6.26 Å². The number of hydrogen-bond acceptors (Lipinski definition) is 4. The summed E-state index contributed by atoms with van der Waals surface area (Å²) in [7, 11) is -0.886. The molecule has 0 saturated carbocycles. The summed E-state index contributed by atoms with van der Waals surface area (Å²) in [6.45, 7) is 6.59. The van der Waals surface area contributed by atoms with E-state index < -0.39 is 9.84 Å². The maximum absolute atomic E-state index is 10.9. The molecule has 86 valence electrons. The fourth-order valence-corrected chi connectivity index (χ4v) is 1.94. The fourth-order valence-electron chi connectivity index (χ4n) is 1.29. The molecule has 0 bridgehead atoms. The fraction of sp³-hybridized carbons (Fsp3) is 1.00. The van der Waals surface area contributed by atoms with Crippen LogP contribution < -0.4 is 5.32 Å². The summed E-state index contributed by atoms with van der Waals surface area (Å²) in [6, 6.07) is 0.407. The van der Waals surface area contributed by atoms with Gasteiger partial charge in [0.05, 0.1) is 5.75 Å². The van der Waals surface area contributed by atoms with E-state index in [4.69, 9.17) is 0 Å². The summed E-state index contributed by atoms with van der Waals surface area (Å²) >= 11 is 0. The predicted molar refractivity (Wildman–Crippen MR) is 60.3 cm³/mol. The van der Waals surface area contributed by atoms with Crippen molar-refractivity contribution in [3.63, 3.8) is 0 Å². The van der Waals surface area contributed by atoms with Gasteiger partial charge in [0.25, 0.3) is 0 Å². The molecule has 0 aromatic heterocycles. The average molecular weight is 222 g/mol. The van der Waals surface area contributed by atoms with Crippen molar-refractivity contribution >= 4 is 9.84 Å². The van der Waals surface area contributed by atoms with Crippen LogP contribution in [0.4, 0.5) is 0 Å². The highest BCUT2D eigenvalue weighted by Gasteiger charge is 2.08. The van der Waals surface area contributed by atoms with Crippen LogP contribution in [-0.2, 0) is 9.84 Å². The van der Waals surface area contributed by atoms with E-state index in [2.05, 4.69) is 19.2 Å². The summed E-state index contributed by atoms with van der Waals surface area (Å²) in [5.74, 6) is 0.238. The average Bonchev–Trinajstić information content (AvgIpc) is 2.00. The van der Waals surface area contributed by atoms with E-state index in [9.17, 15) is 8.42 Å². The number of likely N-dealkylation sites (N-methyl/N-ethyl adjacent to an activating group) is 2. The van der Waals surface area contributed by atoms with Crippen LogP contribution in [0.2, 0.25) is 0 Å². The largest absolute Gasteiger partial charge is 0.313 e. The van der Waals surface area contributed by atoms with Crippen molar-refractivity contribution in [2.75, 3.05) is 38.7 Å². The Hall–Kier alpha value is -0.130. The zero-order chi connectivity index (χ0) is 11.2. The number of nitrogens with one attached hydrogen (secondary N) is 1. The normalized spacial score (nSPS) is 14.6. The second-order valence-corrected chi connectivity index (χ2v) is 6.11. The van der Waals surface area contributed by atoms with Gasteiger partial charge in [-0.2, -0.15) is 0 Å². The van der Waals surface area contributed by atoms with Crippen molar-refractivity contribution in [3.05, 3.63) is 0 Å². The van der Waals surface area contributed by atoms with Crippen LogP contribution in [0.15, 0.2) is 0 Å². The zero-order valence-corrected chi connectivity index (χ0v) is 10.4. The van der Waals surface area contributed by atoms with Gasteiger partial charge < -0.3 is 10.2 Å². The topological polar surface area (TPSA) is 49.4 Å². The molecule has 0 aliphatic rings. The third-order valence-electron chi connectivity index (χ3n) is 1.98. The first-order valence-electron chi connectivity index (χ1n) is 4.94. The molecule has 0 heterocycles. The van der Waals surface area contributed by atoms with Crippen LogP contribution in [0.3, 0.4) is 0 Å². The molecule has 1 N–H and O–H groups in total. The van der Waals surface area contributed by atoms with Crippen LogP contribution in [0, 0.1) is 0 Å². The molecule has 0 radical (unpaired) electrons. The van der Waals surface area contributed by atoms with Gasteiger partial charge in [-0.3, -0.25) is 0 Å². The molecule has 1 atom stereocenters. The van der Waals surface area contributed by atoms with Gasteiger partial charge in [-0.15, -0.1) is 0 Å². The molecule has 4 nitrogen and oxygen atoms in total. The van der Waals surface area contributed by atoms with Gasteiger partial charge in [0, 0.05) is 25.4 Å². The Bertz CT molecular complexity index is 239. The summed E-state index contributed by atoms with van der Waals surface area (Å²) in [5, 5.41) is 3.28. The van der Waals surface area contributed by atoms with Gasteiger partial charge in [-0.1, -0.05) is 6.92 Å². The van der Waals surface area contributed by atoms with Crippen LogP contribution in [0.5, 0.6) is 0 Å². The Morgan fingerprint density at radius 2 is 2.00 bits per heavy atom. The Kier molecular flexibility index (Phi) is 6.31. The smallest absolute Gasteiger partial charge is 0.148 e. The van der Waals surface area contributed by atoms with Crippen molar-refractivity contribution in [3.8, 4) is 0 Å². The van der Waals surface area contributed by atoms with Crippen LogP contribution in [-0.4, -0.2) is 58.1 Å². The second kappa shape index (κ2) is 6.37. The SMILES string of the molecule is CCNC(C)CN(C)CCS(C)(=O)=O. The first-order chi connectivity index (χ1) is 6.35. The highest BCUT2D eigenvalue weighted by Crippen LogP contribution is 1.91. The molecule has 0 aliphatic carbocycles. The van der Waals surface area contributed by atoms with Crippen LogP contribution in [0.25, 0.3) is 0 Å². The molecule has 5 heteroatoms. The molecule has 0 aromatic rings. The number of sulfone groups is 1. The first kappa shape index (κ1) is 13.9. The molecular formula is C9H22N2O2S. The maximum Gasteiger partial charge on any atom is 0.148 e. The molecule has 0 aliphatic heterocycles. The molecule has 0 aromatic carbocycles. The lowest BCUT2D eigenvalue weighted by molar-refractivity contribution is 0.313. The molecule has 0 amide bonds. The van der Waals surface area contributed by atoms with Gasteiger partial charge in [0.15, 0.2) is 0 Å². The van der Waals surface area contributed by atoms with E-state index >= 15 is 0 Å². The van der Waals surface area contributed by atoms with Gasteiger partial charge in [0.2, 0.25) is 0 Å². The Labute approximate surface area is 87.6 Å². The third kappa shape index (κ3) is 8.47.